The fraction of sp³-hybridized carbons (Fsp3) is 0.457. The fourth-order valence-corrected chi connectivity index (χ4v) is 6.46. The molecule has 3 heterocycles. The number of H-pyrrole nitrogens is 1. The summed E-state index contributed by atoms with van der Waals surface area (Å²) in [6.07, 6.45) is 3.50. The van der Waals surface area contributed by atoms with E-state index in [1.807, 2.05) is 62.4 Å². The predicted molar refractivity (Wildman–Crippen MR) is 174 cm³/mol. The third-order valence-corrected chi connectivity index (χ3v) is 9.04. The van der Waals surface area contributed by atoms with Crippen molar-refractivity contribution in [2.75, 3.05) is 31.3 Å². The van der Waals surface area contributed by atoms with Crippen LogP contribution in [0.5, 0.6) is 0 Å². The number of nitrogens with zero attached hydrogens (tertiary/aromatic N) is 3. The molecule has 1 aromatic heterocycles. The second-order valence-corrected chi connectivity index (χ2v) is 12.1. The SMILES string of the molecule is CC[C@H](C)[C@@H](C(=O)NC1CCc2cccc3c2N(C1=O)C(C(=O)NCc1ccn[nH]1)C3)N(CCOCCF)C(=O)Cc1ccccc1. The van der Waals surface area contributed by atoms with E-state index in [1.165, 1.54) is 4.90 Å². The summed E-state index contributed by atoms with van der Waals surface area (Å²) >= 11 is 0. The van der Waals surface area contributed by atoms with Crippen LogP contribution in [0.3, 0.4) is 0 Å². The van der Waals surface area contributed by atoms with Crippen molar-refractivity contribution in [2.24, 2.45) is 5.92 Å². The monoisotopic (exact) mass is 646 g/mol. The maximum Gasteiger partial charge on any atom is 0.250 e. The van der Waals surface area contributed by atoms with Gasteiger partial charge in [0.05, 0.1) is 37.6 Å². The lowest BCUT2D eigenvalue weighted by atomic mass is 9.95. The van der Waals surface area contributed by atoms with E-state index in [4.69, 9.17) is 4.74 Å². The van der Waals surface area contributed by atoms with Crippen LogP contribution in [0.25, 0.3) is 0 Å². The Bertz CT molecular complexity index is 1530. The van der Waals surface area contributed by atoms with Crippen molar-refractivity contribution in [3.63, 3.8) is 0 Å². The highest BCUT2D eigenvalue weighted by molar-refractivity contribution is 6.08. The lowest BCUT2D eigenvalue weighted by molar-refractivity contribution is -0.144. The Morgan fingerprint density at radius 1 is 1.11 bits per heavy atom. The molecule has 2 unspecified atom stereocenters. The third kappa shape index (κ3) is 7.87. The van der Waals surface area contributed by atoms with Crippen LogP contribution in [0.1, 0.15) is 49.1 Å². The fourth-order valence-electron chi connectivity index (χ4n) is 6.46. The molecule has 4 atom stereocenters. The van der Waals surface area contributed by atoms with E-state index < -0.39 is 30.7 Å². The largest absolute Gasteiger partial charge is 0.377 e. The number of ether oxygens (including phenoxy) is 1. The Hall–Kier alpha value is -4.58. The summed E-state index contributed by atoms with van der Waals surface area (Å²) in [6.45, 7) is 3.47. The Morgan fingerprint density at radius 3 is 2.62 bits per heavy atom. The smallest absolute Gasteiger partial charge is 0.250 e. The second kappa shape index (κ2) is 15.8. The molecule has 2 aliphatic rings. The van der Waals surface area contributed by atoms with Gasteiger partial charge in [0, 0.05) is 19.2 Å². The van der Waals surface area contributed by atoms with Gasteiger partial charge in [-0.05, 0) is 41.5 Å². The molecule has 0 spiro atoms. The molecule has 5 rings (SSSR count). The number of aromatic nitrogens is 2. The van der Waals surface area contributed by atoms with E-state index in [0.717, 1.165) is 28.1 Å². The summed E-state index contributed by atoms with van der Waals surface area (Å²) in [7, 11) is 0. The van der Waals surface area contributed by atoms with Crippen LogP contribution in [-0.4, -0.2) is 83.3 Å². The molecule has 0 bridgehead atoms. The minimum atomic E-state index is -0.913. The van der Waals surface area contributed by atoms with Crippen LogP contribution in [0.2, 0.25) is 0 Å². The van der Waals surface area contributed by atoms with Crippen LogP contribution in [0.15, 0.2) is 60.8 Å². The number of rotatable bonds is 15. The predicted octanol–water partition coefficient (Wildman–Crippen LogP) is 2.89. The number of benzene rings is 2. The second-order valence-electron chi connectivity index (χ2n) is 12.1. The summed E-state index contributed by atoms with van der Waals surface area (Å²) in [5.74, 6) is -1.63. The number of anilines is 1. The summed E-state index contributed by atoms with van der Waals surface area (Å²) in [6, 6.07) is 14.3. The van der Waals surface area contributed by atoms with E-state index in [0.29, 0.717) is 25.7 Å². The Morgan fingerprint density at radius 2 is 1.89 bits per heavy atom. The maximum atomic E-state index is 14.3. The number of halogens is 1. The Balaban J connectivity index is 1.38. The molecule has 12 heteroatoms. The van der Waals surface area contributed by atoms with Gasteiger partial charge in [-0.2, -0.15) is 5.10 Å². The van der Waals surface area contributed by atoms with Crippen molar-refractivity contribution in [3.05, 3.63) is 83.2 Å². The van der Waals surface area contributed by atoms with Crippen molar-refractivity contribution >= 4 is 29.3 Å². The van der Waals surface area contributed by atoms with Gasteiger partial charge in [0.15, 0.2) is 0 Å². The lowest BCUT2D eigenvalue weighted by Gasteiger charge is -2.36. The van der Waals surface area contributed by atoms with E-state index in [1.54, 1.807) is 17.2 Å². The topological polar surface area (TPSA) is 137 Å². The van der Waals surface area contributed by atoms with Crippen molar-refractivity contribution < 1.29 is 28.3 Å². The Labute approximate surface area is 274 Å². The van der Waals surface area contributed by atoms with Crippen molar-refractivity contribution in [1.82, 2.24) is 25.7 Å². The van der Waals surface area contributed by atoms with E-state index >= 15 is 0 Å². The van der Waals surface area contributed by atoms with Crippen LogP contribution < -0.4 is 15.5 Å². The molecule has 0 saturated heterocycles. The standard InChI is InChI=1S/C35H43FN6O5/c1-3-23(2)31(41(17-19-47-18-15-36)30(43)20-24-8-5-4-6-9-24)34(45)39-28-13-12-25-10-7-11-26-21-29(42(32(25)26)35(28)46)33(44)37-22-27-14-16-38-40-27/h4-11,14,16,23,28-29,31H,3,12-13,15,17-22H2,1-2H3,(H,37,44)(H,38,40)(H,39,45)/t23-,28?,29?,31-/m0/s1. The molecule has 0 fully saturated rings. The summed E-state index contributed by atoms with van der Waals surface area (Å²) in [5.41, 5.74) is 4.12. The zero-order chi connectivity index (χ0) is 33.3. The van der Waals surface area contributed by atoms with Crippen molar-refractivity contribution in [3.8, 4) is 0 Å². The van der Waals surface area contributed by atoms with Gasteiger partial charge in [0.25, 0.3) is 0 Å². The number of aromatic amines is 1. The molecule has 0 saturated carbocycles. The molecule has 2 aromatic carbocycles. The molecule has 3 aromatic rings. The minimum absolute atomic E-state index is 0.0637. The van der Waals surface area contributed by atoms with Gasteiger partial charge in [-0.25, -0.2) is 4.39 Å². The third-order valence-electron chi connectivity index (χ3n) is 9.04. The molecule has 250 valence electrons. The number of nitrogens with one attached hydrogen (secondary N) is 3. The van der Waals surface area contributed by atoms with Gasteiger partial charge in [0.2, 0.25) is 23.6 Å². The van der Waals surface area contributed by atoms with Gasteiger partial charge in [-0.3, -0.25) is 29.2 Å². The highest BCUT2D eigenvalue weighted by atomic mass is 19.1. The zero-order valence-electron chi connectivity index (χ0n) is 26.9. The van der Waals surface area contributed by atoms with Crippen molar-refractivity contribution in [2.45, 2.75) is 70.6 Å². The average molecular weight is 647 g/mol. The number of hydrogen-bond acceptors (Lipinski definition) is 6. The minimum Gasteiger partial charge on any atom is -0.377 e. The number of carbonyl (C=O) groups is 4. The molecule has 3 N–H and O–H groups in total. The molecule has 0 radical (unpaired) electrons. The van der Waals surface area contributed by atoms with Gasteiger partial charge in [-0.15, -0.1) is 0 Å². The number of alkyl halides is 1. The molecule has 0 aliphatic carbocycles. The van der Waals surface area contributed by atoms with Crippen molar-refractivity contribution in [1.29, 1.82) is 0 Å². The number of carbonyl (C=O) groups excluding carboxylic acids is 4. The quantitative estimate of drug-likeness (QED) is 0.217. The first-order chi connectivity index (χ1) is 22.8. The number of aryl methyl sites for hydroxylation is 1. The van der Waals surface area contributed by atoms with Gasteiger partial charge in [-0.1, -0.05) is 68.8 Å². The summed E-state index contributed by atoms with van der Waals surface area (Å²) in [4.78, 5) is 58.8. The molecular formula is C35H43FN6O5. The molecule has 11 nitrogen and oxygen atoms in total. The normalized spacial score (nSPS) is 18.2. The maximum absolute atomic E-state index is 14.3. The van der Waals surface area contributed by atoms with E-state index in [9.17, 15) is 23.6 Å². The van der Waals surface area contributed by atoms with Gasteiger partial charge < -0.3 is 20.3 Å². The van der Waals surface area contributed by atoms with Crippen LogP contribution in [-0.2, 0) is 49.7 Å². The van der Waals surface area contributed by atoms with Crippen LogP contribution in [0, 0.1) is 5.92 Å². The highest BCUT2D eigenvalue weighted by Crippen LogP contribution is 2.39. The first-order valence-electron chi connectivity index (χ1n) is 16.3. The number of amides is 4. The molecule has 2 aliphatic heterocycles. The van der Waals surface area contributed by atoms with Crippen LogP contribution >= 0.6 is 0 Å². The number of hydrogen-bond donors (Lipinski definition) is 3. The lowest BCUT2D eigenvalue weighted by Crippen LogP contribution is -2.59. The van der Waals surface area contributed by atoms with Gasteiger partial charge >= 0.3 is 0 Å². The average Bonchev–Trinajstić information content (AvgIpc) is 3.72. The zero-order valence-corrected chi connectivity index (χ0v) is 26.9. The molecule has 4 amide bonds. The summed E-state index contributed by atoms with van der Waals surface area (Å²) in [5, 5.41) is 12.6. The Kier molecular flexibility index (Phi) is 11.4. The summed E-state index contributed by atoms with van der Waals surface area (Å²) < 4.78 is 18.2. The number of para-hydroxylation sites is 1. The van der Waals surface area contributed by atoms with E-state index in [-0.39, 0.29) is 56.4 Å². The first kappa shape index (κ1) is 33.8. The molecular weight excluding hydrogens is 603 g/mol. The highest BCUT2D eigenvalue weighted by Gasteiger charge is 2.45. The van der Waals surface area contributed by atoms with Gasteiger partial charge in [0.1, 0.15) is 24.8 Å². The van der Waals surface area contributed by atoms with Crippen LogP contribution in [0.4, 0.5) is 10.1 Å². The molecule has 47 heavy (non-hydrogen) atoms. The first-order valence-corrected chi connectivity index (χ1v) is 16.3. The van der Waals surface area contributed by atoms with E-state index in [2.05, 4.69) is 20.8 Å².